The molecule has 2 aromatic heterocycles. The average Bonchev–Trinajstić information content (AvgIpc) is 3.72. The van der Waals surface area contributed by atoms with Crippen molar-refractivity contribution in [3.63, 3.8) is 0 Å². The largest absolute Gasteiger partial charge is 0.503 e. The van der Waals surface area contributed by atoms with E-state index in [4.69, 9.17) is 9.72 Å². The number of hydrogen-bond donors (Lipinski definition) is 0. The minimum atomic E-state index is -1.79. The first-order valence-corrected chi connectivity index (χ1v) is 25.4. The molecular formula is C55H64N4OSi+2. The van der Waals surface area contributed by atoms with Crippen LogP contribution in [0.25, 0.3) is 27.6 Å². The molecule has 8 rings (SSSR count). The number of benzene rings is 5. The van der Waals surface area contributed by atoms with Crippen molar-refractivity contribution >= 4 is 63.8 Å². The van der Waals surface area contributed by atoms with E-state index in [0.717, 1.165) is 45.4 Å². The number of rotatable bonds is 6. The Morgan fingerprint density at radius 1 is 0.525 bits per heavy atom. The molecule has 0 N–H and O–H groups in total. The van der Waals surface area contributed by atoms with Crippen molar-refractivity contribution in [1.29, 1.82) is 0 Å². The van der Waals surface area contributed by atoms with Gasteiger partial charge in [-0.2, -0.15) is 0 Å². The lowest BCUT2D eigenvalue weighted by Crippen LogP contribution is -2.39. The van der Waals surface area contributed by atoms with E-state index in [0.29, 0.717) is 0 Å². The van der Waals surface area contributed by atoms with Crippen LogP contribution >= 0.6 is 0 Å². The summed E-state index contributed by atoms with van der Waals surface area (Å²) in [6, 6.07) is 43.9. The van der Waals surface area contributed by atoms with Crippen molar-refractivity contribution in [2.24, 2.45) is 0 Å². The summed E-state index contributed by atoms with van der Waals surface area (Å²) in [6.45, 7) is 34.7. The van der Waals surface area contributed by atoms with Crippen LogP contribution in [0.1, 0.15) is 105 Å². The lowest BCUT2D eigenvalue weighted by Gasteiger charge is -2.25. The maximum Gasteiger partial charge on any atom is 0.503 e. The molecule has 0 saturated carbocycles. The lowest BCUT2D eigenvalue weighted by molar-refractivity contribution is 0.483. The van der Waals surface area contributed by atoms with Crippen LogP contribution in [0, 0.1) is 0 Å². The van der Waals surface area contributed by atoms with Crippen LogP contribution in [0.2, 0.25) is 19.6 Å². The van der Waals surface area contributed by atoms with Gasteiger partial charge in [0.15, 0.2) is 0 Å². The zero-order valence-electron chi connectivity index (χ0n) is 39.2. The van der Waals surface area contributed by atoms with Crippen molar-refractivity contribution in [3.8, 4) is 17.3 Å². The van der Waals surface area contributed by atoms with Crippen LogP contribution in [-0.2, 0) is 21.7 Å². The molecule has 7 aromatic rings. The highest BCUT2D eigenvalue weighted by Gasteiger charge is 2.42. The molecule has 0 atom stereocenters. The van der Waals surface area contributed by atoms with Crippen molar-refractivity contribution in [1.82, 2.24) is 18.7 Å². The predicted octanol–water partition coefficient (Wildman–Crippen LogP) is 14.6. The maximum atomic E-state index is 6.82. The summed E-state index contributed by atoms with van der Waals surface area (Å²) < 4.78 is 13.7. The van der Waals surface area contributed by atoms with E-state index < -0.39 is 8.07 Å². The number of fused-ring (bicyclic) bond motifs is 4. The fourth-order valence-corrected chi connectivity index (χ4v) is 9.90. The summed E-state index contributed by atoms with van der Waals surface area (Å²) in [7, 11) is -1.79. The quantitative estimate of drug-likeness (QED) is 0.124. The SMILES string of the molecule is CC(C)(C)c1cc([N+]2=C=[N+](c3cccc(Oc4ccc5c6cc(C(C)(C)C)ccc6n(-c6cc(C(C)(C)C)ccn6)c5c4)c3)c3cccc([Si](C)(C)C)c32)cc(C(C)(C)C)c1. The normalized spacial score (nSPS) is 13.8. The third-order valence-electron chi connectivity index (χ3n) is 12.2. The van der Waals surface area contributed by atoms with E-state index in [1.54, 1.807) is 0 Å². The molecule has 0 unspecified atom stereocenters. The van der Waals surface area contributed by atoms with E-state index in [1.165, 1.54) is 43.9 Å². The molecule has 3 heterocycles. The van der Waals surface area contributed by atoms with Crippen molar-refractivity contribution in [2.75, 3.05) is 0 Å². The van der Waals surface area contributed by atoms with E-state index >= 15 is 0 Å². The Balaban J connectivity index is 1.27. The van der Waals surface area contributed by atoms with Gasteiger partial charge in [-0.25, -0.2) is 4.98 Å². The Morgan fingerprint density at radius 3 is 1.79 bits per heavy atom. The molecule has 6 heteroatoms. The summed E-state index contributed by atoms with van der Waals surface area (Å²) >= 11 is 0. The number of ether oxygens (including phenoxy) is 1. The Morgan fingerprint density at radius 2 is 1.15 bits per heavy atom. The van der Waals surface area contributed by atoms with Gasteiger partial charge in [-0.05, 0) is 95.5 Å². The first-order valence-electron chi connectivity index (χ1n) is 21.9. The Bertz CT molecular complexity index is 2910. The Kier molecular flexibility index (Phi) is 10.0. The molecule has 0 bridgehead atoms. The van der Waals surface area contributed by atoms with Crippen LogP contribution in [0.3, 0.4) is 0 Å². The van der Waals surface area contributed by atoms with Gasteiger partial charge in [0, 0.05) is 52.5 Å². The highest BCUT2D eigenvalue weighted by atomic mass is 28.3. The highest BCUT2D eigenvalue weighted by molar-refractivity contribution is 6.89. The molecule has 5 aromatic carbocycles. The van der Waals surface area contributed by atoms with Gasteiger partial charge < -0.3 is 4.74 Å². The van der Waals surface area contributed by atoms with Crippen LogP contribution in [0.5, 0.6) is 11.5 Å². The second-order valence-corrected chi connectivity index (χ2v) is 27.2. The molecule has 0 spiro atoms. The van der Waals surface area contributed by atoms with E-state index in [1.807, 2.05) is 12.3 Å². The van der Waals surface area contributed by atoms with E-state index in [-0.39, 0.29) is 21.7 Å². The monoisotopic (exact) mass is 824 g/mol. The van der Waals surface area contributed by atoms with Gasteiger partial charge in [0.2, 0.25) is 11.4 Å². The smallest absolute Gasteiger partial charge is 0.457 e. The third-order valence-corrected chi connectivity index (χ3v) is 14.2. The first kappa shape index (κ1) is 42.2. The Hall–Kier alpha value is -5.55. The first-order chi connectivity index (χ1) is 28.4. The summed E-state index contributed by atoms with van der Waals surface area (Å²) in [5.41, 5.74) is 11.8. The second kappa shape index (κ2) is 14.5. The molecule has 0 saturated heterocycles. The molecule has 0 aliphatic carbocycles. The molecule has 5 nitrogen and oxygen atoms in total. The molecule has 312 valence electrons. The Labute approximate surface area is 365 Å². The molecule has 61 heavy (non-hydrogen) atoms. The van der Waals surface area contributed by atoms with Crippen LogP contribution in [0.4, 0.5) is 22.7 Å². The topological polar surface area (TPSA) is 33.1 Å². The number of para-hydroxylation sites is 1. The van der Waals surface area contributed by atoms with Gasteiger partial charge in [0.05, 0.1) is 25.2 Å². The molecule has 1 aliphatic heterocycles. The van der Waals surface area contributed by atoms with Gasteiger partial charge >= 0.3 is 6.01 Å². The minimum absolute atomic E-state index is 0.0120. The summed E-state index contributed by atoms with van der Waals surface area (Å²) in [5, 5.41) is 3.79. The molecule has 1 aliphatic rings. The van der Waals surface area contributed by atoms with Gasteiger partial charge in [0.25, 0.3) is 11.4 Å². The number of pyridine rings is 1. The minimum Gasteiger partial charge on any atom is -0.457 e. The lowest BCUT2D eigenvalue weighted by atomic mass is 9.80. The highest BCUT2D eigenvalue weighted by Crippen LogP contribution is 2.42. The van der Waals surface area contributed by atoms with Gasteiger partial charge in [0.1, 0.15) is 17.3 Å². The van der Waals surface area contributed by atoms with Crippen LogP contribution in [0.15, 0.2) is 115 Å². The standard InChI is InChI=1S/C55H64N4OSi/c1-52(2,3)36-22-25-46-45(31-36)44-24-23-43(34-48(44)59(46)50-32-37(26-27-56-50)53(4,5)6)60-42-19-16-18-40(33-42)57-35-58(51-47(57)20-17-21-49(51)61(13,14)15)41-29-38(54(7,8)9)28-39(30-41)55(10,11)12/h16-34H,1-15H3/q+2. The number of nitrogens with zero attached hydrogens (tertiary/aromatic N) is 4. The number of hydrogen-bond acceptors (Lipinski definition) is 2. The zero-order chi connectivity index (χ0) is 44.0. The summed E-state index contributed by atoms with van der Waals surface area (Å²) in [6.07, 6.45) is 1.94. The predicted molar refractivity (Wildman–Crippen MR) is 264 cm³/mol. The molecule has 0 fully saturated rings. The van der Waals surface area contributed by atoms with Gasteiger partial charge in [-0.15, -0.1) is 0 Å². The van der Waals surface area contributed by atoms with Crippen LogP contribution < -0.4 is 19.1 Å². The van der Waals surface area contributed by atoms with Gasteiger partial charge in [-0.3, -0.25) is 4.57 Å². The second-order valence-electron chi connectivity index (χ2n) is 22.2. The van der Waals surface area contributed by atoms with Crippen LogP contribution in [-0.4, -0.2) is 23.6 Å². The van der Waals surface area contributed by atoms with Crippen molar-refractivity contribution in [2.45, 2.75) is 124 Å². The van der Waals surface area contributed by atoms with Crippen molar-refractivity contribution < 1.29 is 4.74 Å². The fraction of sp³-hybridized carbons (Fsp3) is 0.345. The summed E-state index contributed by atoms with van der Waals surface area (Å²) in [5.74, 6) is 2.43. The molecule has 0 radical (unpaired) electrons. The zero-order valence-corrected chi connectivity index (χ0v) is 40.2. The van der Waals surface area contributed by atoms with Gasteiger partial charge in [-0.1, -0.05) is 133 Å². The third kappa shape index (κ3) is 8.04. The summed E-state index contributed by atoms with van der Waals surface area (Å²) in [4.78, 5) is 4.95. The maximum absolute atomic E-state index is 6.82. The fourth-order valence-electron chi connectivity index (χ4n) is 8.35. The van der Waals surface area contributed by atoms with E-state index in [9.17, 15) is 0 Å². The molecule has 0 amide bonds. The molecular weight excluding hydrogens is 761 g/mol. The number of aromatic nitrogens is 2. The van der Waals surface area contributed by atoms with Crippen molar-refractivity contribution in [3.05, 3.63) is 138 Å². The van der Waals surface area contributed by atoms with E-state index in [2.05, 4.69) is 226 Å². The average molecular weight is 825 g/mol.